The lowest BCUT2D eigenvalue weighted by Crippen LogP contribution is -2.04. The predicted molar refractivity (Wildman–Crippen MR) is 100 cm³/mol. The molecule has 0 bridgehead atoms. The van der Waals surface area contributed by atoms with E-state index >= 15 is 0 Å². The number of nitrogens with one attached hydrogen (secondary N) is 1. The molecule has 0 fully saturated rings. The molecule has 2 aromatic heterocycles. The molecule has 1 aromatic carbocycles. The molecular formula is C18H17Cl2N3S. The zero-order valence-corrected chi connectivity index (χ0v) is 15.7. The Balaban J connectivity index is 2.04. The zero-order chi connectivity index (χ0) is 17.1. The monoisotopic (exact) mass is 377 g/mol. The number of benzene rings is 1. The predicted octanol–water partition coefficient (Wildman–Crippen LogP) is 6.11. The number of aryl methyl sites for hydroxylation is 1. The first-order valence-corrected chi connectivity index (χ1v) is 9.22. The maximum absolute atomic E-state index is 6.13. The van der Waals surface area contributed by atoms with Crippen LogP contribution in [-0.2, 0) is 0 Å². The summed E-state index contributed by atoms with van der Waals surface area (Å²) in [5.41, 5.74) is 3.62. The van der Waals surface area contributed by atoms with Gasteiger partial charge < -0.3 is 0 Å². The number of hydrogen-bond donors (Lipinski definition) is 1. The summed E-state index contributed by atoms with van der Waals surface area (Å²) in [5.74, 6) is 0.268. The minimum Gasteiger partial charge on any atom is -0.285 e. The standard InChI is InChI=1S/C18H17Cl2N3S/c1-3-16(12-8-22-23-9-12)18-11(2)7-21-10-17(18)24-15-5-13(19)4-14(20)6-15/h4-10,16H,3H2,1-2H3,(H,22,23). The summed E-state index contributed by atoms with van der Waals surface area (Å²) in [4.78, 5) is 6.49. The number of H-pyrrole nitrogens is 1. The Labute approximate surface area is 155 Å². The van der Waals surface area contributed by atoms with Crippen molar-refractivity contribution in [3.05, 3.63) is 69.7 Å². The quantitative estimate of drug-likeness (QED) is 0.582. The van der Waals surface area contributed by atoms with E-state index in [0.717, 1.165) is 16.2 Å². The lowest BCUT2D eigenvalue weighted by Gasteiger charge is -2.20. The van der Waals surface area contributed by atoms with Gasteiger partial charge >= 0.3 is 0 Å². The van der Waals surface area contributed by atoms with Gasteiger partial charge in [0.05, 0.1) is 6.20 Å². The second-order valence-corrected chi connectivity index (χ2v) is 7.56. The van der Waals surface area contributed by atoms with Gasteiger partial charge in [-0.25, -0.2) is 0 Å². The highest BCUT2D eigenvalue weighted by Crippen LogP contribution is 2.40. The van der Waals surface area contributed by atoms with E-state index < -0.39 is 0 Å². The molecule has 1 N–H and O–H groups in total. The summed E-state index contributed by atoms with van der Waals surface area (Å²) in [5, 5.41) is 8.28. The Kier molecular flexibility index (Phi) is 5.49. The van der Waals surface area contributed by atoms with Crippen molar-refractivity contribution in [2.75, 3.05) is 0 Å². The normalized spacial score (nSPS) is 12.3. The maximum atomic E-state index is 6.13. The molecule has 0 amide bonds. The van der Waals surface area contributed by atoms with Crippen LogP contribution in [-0.4, -0.2) is 15.2 Å². The molecule has 3 aromatic rings. The van der Waals surface area contributed by atoms with Crippen LogP contribution in [0.4, 0.5) is 0 Å². The molecule has 6 heteroatoms. The van der Waals surface area contributed by atoms with Crippen molar-refractivity contribution in [1.82, 2.24) is 15.2 Å². The summed E-state index contributed by atoms with van der Waals surface area (Å²) in [6.45, 7) is 4.28. The molecule has 3 nitrogen and oxygen atoms in total. The molecule has 0 radical (unpaired) electrons. The third-order valence-electron chi connectivity index (χ3n) is 3.89. The molecule has 24 heavy (non-hydrogen) atoms. The molecule has 3 rings (SSSR count). The van der Waals surface area contributed by atoms with Crippen LogP contribution in [0, 0.1) is 6.92 Å². The second kappa shape index (κ2) is 7.60. The van der Waals surface area contributed by atoms with E-state index in [4.69, 9.17) is 23.2 Å². The number of aromatic nitrogens is 3. The van der Waals surface area contributed by atoms with Gasteiger partial charge in [-0.05, 0) is 48.2 Å². The van der Waals surface area contributed by atoms with E-state index in [-0.39, 0.29) is 5.92 Å². The molecule has 1 atom stereocenters. The van der Waals surface area contributed by atoms with Gasteiger partial charge in [-0.1, -0.05) is 41.9 Å². The van der Waals surface area contributed by atoms with Crippen molar-refractivity contribution in [2.24, 2.45) is 0 Å². The highest BCUT2D eigenvalue weighted by Gasteiger charge is 2.20. The summed E-state index contributed by atoms with van der Waals surface area (Å²) in [7, 11) is 0. The van der Waals surface area contributed by atoms with Crippen LogP contribution in [0.5, 0.6) is 0 Å². The van der Waals surface area contributed by atoms with Crippen LogP contribution in [0.3, 0.4) is 0 Å². The SMILES string of the molecule is CCC(c1cn[nH]c1)c1c(C)cncc1Sc1cc(Cl)cc(Cl)c1. The van der Waals surface area contributed by atoms with Gasteiger partial charge in [0.25, 0.3) is 0 Å². The van der Waals surface area contributed by atoms with Crippen LogP contribution in [0.15, 0.2) is 52.8 Å². The number of hydrogen-bond acceptors (Lipinski definition) is 3. The summed E-state index contributed by atoms with van der Waals surface area (Å²) >= 11 is 13.9. The smallest absolute Gasteiger partial charge is 0.0525 e. The fraction of sp³-hybridized carbons (Fsp3) is 0.222. The van der Waals surface area contributed by atoms with E-state index in [1.165, 1.54) is 16.7 Å². The maximum Gasteiger partial charge on any atom is 0.0525 e. The first-order valence-electron chi connectivity index (χ1n) is 7.65. The summed E-state index contributed by atoms with van der Waals surface area (Å²) in [6.07, 6.45) is 8.64. The van der Waals surface area contributed by atoms with Gasteiger partial charge in [0.1, 0.15) is 0 Å². The van der Waals surface area contributed by atoms with Gasteiger partial charge in [0, 0.05) is 44.3 Å². The average Bonchev–Trinajstić information content (AvgIpc) is 3.04. The fourth-order valence-corrected chi connectivity index (χ4v) is 4.66. The van der Waals surface area contributed by atoms with Crippen LogP contribution in [0.1, 0.15) is 36.0 Å². The number of halogens is 2. The van der Waals surface area contributed by atoms with E-state index in [0.29, 0.717) is 10.0 Å². The molecule has 0 aliphatic rings. The zero-order valence-electron chi connectivity index (χ0n) is 13.4. The average molecular weight is 378 g/mol. The highest BCUT2D eigenvalue weighted by molar-refractivity contribution is 7.99. The highest BCUT2D eigenvalue weighted by atomic mass is 35.5. The summed E-state index contributed by atoms with van der Waals surface area (Å²) < 4.78 is 0. The molecule has 124 valence electrons. The van der Waals surface area contributed by atoms with Gasteiger partial charge in [-0.15, -0.1) is 0 Å². The van der Waals surface area contributed by atoms with Crippen LogP contribution >= 0.6 is 35.0 Å². The van der Waals surface area contributed by atoms with E-state index in [9.17, 15) is 0 Å². The molecular weight excluding hydrogens is 361 g/mol. The Morgan fingerprint density at radius 1 is 1.12 bits per heavy atom. The Morgan fingerprint density at radius 2 is 1.88 bits per heavy atom. The van der Waals surface area contributed by atoms with Gasteiger partial charge in [-0.2, -0.15) is 5.10 Å². The number of nitrogens with zero attached hydrogens (tertiary/aromatic N) is 2. The molecule has 2 heterocycles. The number of aromatic amines is 1. The molecule has 0 aliphatic carbocycles. The molecule has 1 unspecified atom stereocenters. The van der Waals surface area contributed by atoms with Gasteiger partial charge in [0.2, 0.25) is 0 Å². The van der Waals surface area contributed by atoms with Crippen molar-refractivity contribution < 1.29 is 0 Å². The third kappa shape index (κ3) is 3.77. The minimum atomic E-state index is 0.268. The van der Waals surface area contributed by atoms with E-state index in [2.05, 4.69) is 29.0 Å². The first-order chi connectivity index (χ1) is 11.6. The Bertz CT molecular complexity index is 814. The number of rotatable bonds is 5. The van der Waals surface area contributed by atoms with Crippen molar-refractivity contribution in [3.8, 4) is 0 Å². The Morgan fingerprint density at radius 3 is 2.50 bits per heavy atom. The van der Waals surface area contributed by atoms with Gasteiger partial charge in [-0.3, -0.25) is 10.1 Å². The topological polar surface area (TPSA) is 41.6 Å². The van der Waals surface area contributed by atoms with Crippen LogP contribution in [0.25, 0.3) is 0 Å². The lowest BCUT2D eigenvalue weighted by molar-refractivity contribution is 0.751. The third-order valence-corrected chi connectivity index (χ3v) is 5.35. The molecule has 0 saturated carbocycles. The van der Waals surface area contributed by atoms with Crippen molar-refractivity contribution in [2.45, 2.75) is 36.0 Å². The first kappa shape index (κ1) is 17.3. The van der Waals surface area contributed by atoms with E-state index in [1.807, 2.05) is 36.9 Å². The fourth-order valence-electron chi connectivity index (χ4n) is 2.85. The van der Waals surface area contributed by atoms with Gasteiger partial charge in [0.15, 0.2) is 0 Å². The van der Waals surface area contributed by atoms with Crippen molar-refractivity contribution in [1.29, 1.82) is 0 Å². The molecule has 0 aliphatic heterocycles. The van der Waals surface area contributed by atoms with Crippen molar-refractivity contribution >= 4 is 35.0 Å². The second-order valence-electron chi connectivity index (χ2n) is 5.57. The largest absolute Gasteiger partial charge is 0.285 e. The summed E-state index contributed by atoms with van der Waals surface area (Å²) in [6, 6.07) is 5.58. The molecule has 0 spiro atoms. The minimum absolute atomic E-state index is 0.268. The van der Waals surface area contributed by atoms with Crippen LogP contribution < -0.4 is 0 Å². The molecule has 0 saturated heterocycles. The Hall–Kier alpha value is -1.49. The van der Waals surface area contributed by atoms with Crippen molar-refractivity contribution in [3.63, 3.8) is 0 Å². The number of pyridine rings is 1. The lowest BCUT2D eigenvalue weighted by atomic mass is 9.89. The van der Waals surface area contributed by atoms with E-state index in [1.54, 1.807) is 17.8 Å². The van der Waals surface area contributed by atoms with Crippen LogP contribution in [0.2, 0.25) is 10.0 Å².